The number of carbonyl (C=O) groups excluding carboxylic acids is 2. The summed E-state index contributed by atoms with van der Waals surface area (Å²) in [6.45, 7) is -1.67. The number of carboxylic acids is 2. The van der Waals surface area contributed by atoms with Crippen LogP contribution in [0.25, 0.3) is 0 Å². The lowest BCUT2D eigenvalue weighted by molar-refractivity contribution is -0.153. The smallest absolute Gasteiger partial charge is 0.327 e. The predicted molar refractivity (Wildman–Crippen MR) is 124 cm³/mol. The Kier molecular flexibility index (Phi) is 10.2. The molecule has 12 heteroatoms. The Morgan fingerprint density at radius 1 is 0.750 bits per heavy atom. The molecule has 2 atom stereocenters. The third kappa shape index (κ3) is 7.17. The van der Waals surface area contributed by atoms with E-state index in [0.29, 0.717) is 0 Å². The van der Waals surface area contributed by atoms with Crippen molar-refractivity contribution in [2.24, 2.45) is 0 Å². The number of para-hydroxylation sites is 2. The minimum atomic E-state index is -1.50. The van der Waals surface area contributed by atoms with Gasteiger partial charge in [0, 0.05) is 24.2 Å². The van der Waals surface area contributed by atoms with Crippen molar-refractivity contribution in [3.05, 3.63) is 59.7 Å². The molecule has 2 rings (SSSR count). The van der Waals surface area contributed by atoms with Gasteiger partial charge in [0.25, 0.3) is 0 Å². The third-order valence-corrected chi connectivity index (χ3v) is 5.42. The molecule has 0 aliphatic carbocycles. The lowest BCUT2D eigenvalue weighted by atomic mass is 10.0. The minimum Gasteiger partial charge on any atom is -0.508 e. The molecule has 4 N–H and O–H groups in total. The molecule has 0 heterocycles. The van der Waals surface area contributed by atoms with Crippen molar-refractivity contribution < 1.29 is 49.1 Å². The van der Waals surface area contributed by atoms with Crippen molar-refractivity contribution >= 4 is 23.9 Å². The van der Waals surface area contributed by atoms with Gasteiger partial charge in [0.1, 0.15) is 23.6 Å². The zero-order chi connectivity index (χ0) is 26.8. The number of nitrogens with zero attached hydrogens (tertiary/aromatic N) is 2. The zero-order valence-corrected chi connectivity index (χ0v) is 19.7. The maximum atomic E-state index is 12.7. The van der Waals surface area contributed by atoms with Crippen molar-refractivity contribution in [1.29, 1.82) is 0 Å². The molecule has 0 amide bonds. The molecule has 0 fully saturated rings. The van der Waals surface area contributed by atoms with Crippen LogP contribution >= 0.6 is 0 Å². The summed E-state index contributed by atoms with van der Waals surface area (Å²) in [5.41, 5.74) is 0.0875. The molecule has 0 aliphatic rings. The predicted octanol–water partition coefficient (Wildman–Crippen LogP) is 0.999. The Bertz CT molecular complexity index is 1090. The van der Waals surface area contributed by atoms with Gasteiger partial charge in [0.05, 0.1) is 27.3 Å². The average molecular weight is 504 g/mol. The number of hydrogen-bond donors (Lipinski definition) is 4. The van der Waals surface area contributed by atoms with Crippen LogP contribution in [0.15, 0.2) is 48.5 Å². The third-order valence-electron chi connectivity index (χ3n) is 5.42. The number of carboxylic acid groups (broad SMARTS) is 2. The normalized spacial score (nSPS) is 12.7. The molecular weight excluding hydrogens is 476 g/mol. The van der Waals surface area contributed by atoms with Gasteiger partial charge in [-0.05, 0) is 12.1 Å². The largest absolute Gasteiger partial charge is 0.508 e. The van der Waals surface area contributed by atoms with E-state index in [1.165, 1.54) is 52.3 Å². The van der Waals surface area contributed by atoms with Crippen molar-refractivity contribution in [2.75, 3.05) is 40.4 Å². The average Bonchev–Trinajstić information content (AvgIpc) is 2.83. The lowest BCUT2D eigenvalue weighted by Crippen LogP contribution is -2.46. The van der Waals surface area contributed by atoms with Crippen molar-refractivity contribution in [3.63, 3.8) is 0 Å². The number of rotatable bonds is 13. The van der Waals surface area contributed by atoms with E-state index >= 15 is 0 Å². The van der Waals surface area contributed by atoms with Gasteiger partial charge in [0.2, 0.25) is 0 Å². The minimum absolute atomic E-state index is 0.00362. The van der Waals surface area contributed by atoms with Crippen LogP contribution in [0.5, 0.6) is 11.5 Å². The number of benzene rings is 2. The maximum absolute atomic E-state index is 12.7. The Hall–Kier alpha value is -4.16. The number of methoxy groups -OCH3 is 2. The molecule has 36 heavy (non-hydrogen) atoms. The van der Waals surface area contributed by atoms with E-state index in [-0.39, 0.29) is 35.7 Å². The Morgan fingerprint density at radius 3 is 1.64 bits per heavy atom. The molecule has 0 bridgehead atoms. The monoisotopic (exact) mass is 504 g/mol. The second kappa shape index (κ2) is 13.1. The van der Waals surface area contributed by atoms with E-state index in [1.807, 2.05) is 0 Å². The molecule has 0 aliphatic heterocycles. The maximum Gasteiger partial charge on any atom is 0.327 e. The molecule has 194 valence electrons. The first kappa shape index (κ1) is 28.1. The van der Waals surface area contributed by atoms with Crippen LogP contribution in [-0.4, -0.2) is 94.5 Å². The van der Waals surface area contributed by atoms with Crippen LogP contribution in [0.3, 0.4) is 0 Å². The van der Waals surface area contributed by atoms with Gasteiger partial charge in [-0.2, -0.15) is 0 Å². The lowest BCUT2D eigenvalue weighted by Gasteiger charge is -2.33. The van der Waals surface area contributed by atoms with Crippen molar-refractivity contribution in [1.82, 2.24) is 9.80 Å². The van der Waals surface area contributed by atoms with Gasteiger partial charge in [-0.25, -0.2) is 4.79 Å². The number of aliphatic carboxylic acids is 2. The molecule has 2 aromatic carbocycles. The highest BCUT2D eigenvalue weighted by molar-refractivity contribution is 5.80. The SMILES string of the molecule is COC(=O)CN(CCN(CC(=O)O)C(C(=O)OC)c1ccccc1O)[C@H](C(=O)O)c1ccccc1O. The number of ether oxygens (including phenoxy) is 2. The number of phenolic OH excluding ortho intramolecular Hbond substituents is 2. The summed E-state index contributed by atoms with van der Waals surface area (Å²) in [5.74, 6) is -4.89. The highest BCUT2D eigenvalue weighted by Crippen LogP contribution is 2.31. The Morgan fingerprint density at radius 2 is 1.22 bits per heavy atom. The molecular formula is C24H28N2O10. The molecule has 1 unspecified atom stereocenters. The number of aromatic hydroxyl groups is 2. The summed E-state index contributed by atoms with van der Waals surface area (Å²) < 4.78 is 9.53. The molecule has 2 aromatic rings. The number of hydrogen-bond acceptors (Lipinski definition) is 10. The van der Waals surface area contributed by atoms with Crippen LogP contribution < -0.4 is 0 Å². The van der Waals surface area contributed by atoms with Crippen LogP contribution in [-0.2, 0) is 28.7 Å². The number of carbonyl (C=O) groups is 4. The second-order valence-corrected chi connectivity index (χ2v) is 7.69. The van der Waals surface area contributed by atoms with Gasteiger partial charge in [-0.15, -0.1) is 0 Å². The topological polar surface area (TPSA) is 174 Å². The fraction of sp³-hybridized carbons (Fsp3) is 0.333. The first-order chi connectivity index (χ1) is 17.1. The van der Waals surface area contributed by atoms with Crippen molar-refractivity contribution in [3.8, 4) is 11.5 Å². The summed E-state index contributed by atoms with van der Waals surface area (Å²) in [6, 6.07) is 8.68. The summed E-state index contributed by atoms with van der Waals surface area (Å²) >= 11 is 0. The van der Waals surface area contributed by atoms with Gasteiger partial charge in [-0.1, -0.05) is 36.4 Å². The first-order valence-electron chi connectivity index (χ1n) is 10.7. The van der Waals surface area contributed by atoms with Crippen LogP contribution in [0.2, 0.25) is 0 Å². The molecule has 0 saturated heterocycles. The van der Waals surface area contributed by atoms with Gasteiger partial charge >= 0.3 is 23.9 Å². The van der Waals surface area contributed by atoms with E-state index < -0.39 is 49.1 Å². The van der Waals surface area contributed by atoms with E-state index in [2.05, 4.69) is 4.74 Å². The first-order valence-corrected chi connectivity index (χ1v) is 10.7. The zero-order valence-electron chi connectivity index (χ0n) is 19.7. The number of esters is 2. The summed E-state index contributed by atoms with van der Waals surface area (Å²) in [7, 11) is 2.23. The van der Waals surface area contributed by atoms with Gasteiger partial charge in [0.15, 0.2) is 0 Å². The van der Waals surface area contributed by atoms with E-state index in [9.17, 15) is 39.6 Å². The van der Waals surface area contributed by atoms with Crippen LogP contribution in [0.4, 0.5) is 0 Å². The fourth-order valence-corrected chi connectivity index (χ4v) is 3.77. The number of phenols is 2. The standard InChI is InChI=1S/C24H28N2O10/c1-35-20(31)14-26(21(23(32)33)15-7-3-5-9-17(15)27)12-11-25(13-19(29)30)22(24(34)36-2)16-8-4-6-10-18(16)28/h3-10,21-22,27-28H,11-14H2,1-2H3,(H,29,30)(H,32,33)/t21-,22?/m0/s1. The second-order valence-electron chi connectivity index (χ2n) is 7.69. The molecule has 0 radical (unpaired) electrons. The summed E-state index contributed by atoms with van der Waals surface area (Å²) in [5, 5.41) is 40.0. The molecule has 0 aromatic heterocycles. The van der Waals surface area contributed by atoms with E-state index in [0.717, 1.165) is 14.2 Å². The summed E-state index contributed by atoms with van der Waals surface area (Å²) in [6.07, 6.45) is 0. The Balaban J connectivity index is 2.48. The molecule has 0 spiro atoms. The van der Waals surface area contributed by atoms with E-state index in [4.69, 9.17) is 4.74 Å². The molecule has 12 nitrogen and oxygen atoms in total. The highest BCUT2D eigenvalue weighted by Gasteiger charge is 2.35. The Labute approximate surface area is 206 Å². The highest BCUT2D eigenvalue weighted by atomic mass is 16.5. The summed E-state index contributed by atoms with van der Waals surface area (Å²) in [4.78, 5) is 51.0. The van der Waals surface area contributed by atoms with Gasteiger partial charge < -0.3 is 29.9 Å². The van der Waals surface area contributed by atoms with E-state index in [1.54, 1.807) is 6.07 Å². The molecule has 0 saturated carbocycles. The van der Waals surface area contributed by atoms with Gasteiger partial charge in [-0.3, -0.25) is 24.2 Å². The quantitative estimate of drug-likeness (QED) is 0.285. The fourth-order valence-electron chi connectivity index (χ4n) is 3.77. The van der Waals surface area contributed by atoms with Crippen LogP contribution in [0.1, 0.15) is 23.2 Å². The van der Waals surface area contributed by atoms with Crippen molar-refractivity contribution in [2.45, 2.75) is 12.1 Å². The van der Waals surface area contributed by atoms with Crippen LogP contribution in [0, 0.1) is 0 Å².